The maximum Gasteiger partial charge on any atom is 0.194 e. The topological polar surface area (TPSA) is 32.6 Å². The molecule has 0 aliphatic carbocycles. The predicted octanol–water partition coefficient (Wildman–Crippen LogP) is 2.44. The molecule has 0 saturated heterocycles. The van der Waals surface area contributed by atoms with Crippen molar-refractivity contribution in [3.05, 3.63) is 22.5 Å². The van der Waals surface area contributed by atoms with Gasteiger partial charge in [-0.1, -0.05) is 0 Å². The van der Waals surface area contributed by atoms with Crippen molar-refractivity contribution >= 4 is 16.3 Å². The first-order chi connectivity index (χ1) is 9.09. The minimum atomic E-state index is 0.909. The fourth-order valence-electron chi connectivity index (χ4n) is 2.26. The number of rotatable bonds is 7. The Morgan fingerprint density at radius 3 is 2.84 bits per heavy atom. The van der Waals surface area contributed by atoms with Gasteiger partial charge in [0.2, 0.25) is 0 Å². The van der Waals surface area contributed by atoms with Crippen LogP contribution in [-0.4, -0.2) is 41.5 Å². The van der Waals surface area contributed by atoms with Crippen LogP contribution < -0.4 is 5.32 Å². The lowest BCUT2D eigenvalue weighted by Crippen LogP contribution is -2.19. The summed E-state index contributed by atoms with van der Waals surface area (Å²) in [6, 6.07) is 0. The molecule has 2 aromatic rings. The number of aryl methyl sites for hydroxylation is 2. The van der Waals surface area contributed by atoms with Gasteiger partial charge < -0.3 is 10.2 Å². The summed E-state index contributed by atoms with van der Waals surface area (Å²) in [5.41, 5.74) is 3.74. The second kappa shape index (κ2) is 6.50. The van der Waals surface area contributed by atoms with Crippen LogP contribution in [0.15, 0.2) is 5.38 Å². The maximum absolute atomic E-state index is 4.61. The van der Waals surface area contributed by atoms with Crippen molar-refractivity contribution in [3.8, 4) is 0 Å². The van der Waals surface area contributed by atoms with E-state index in [0.29, 0.717) is 0 Å². The first-order valence-corrected chi connectivity index (χ1v) is 7.75. The molecule has 0 amide bonds. The summed E-state index contributed by atoms with van der Waals surface area (Å²) in [4.78, 5) is 7.95. The summed E-state index contributed by atoms with van der Waals surface area (Å²) >= 11 is 1.72. The fourth-order valence-corrected chi connectivity index (χ4v) is 3.19. The van der Waals surface area contributed by atoms with Gasteiger partial charge in [-0.15, -0.1) is 11.3 Å². The van der Waals surface area contributed by atoms with Crippen molar-refractivity contribution in [1.29, 1.82) is 0 Å². The Balaban J connectivity index is 1.84. The number of unbranched alkanes of at least 4 members (excludes halogenated alkanes) is 1. The molecule has 4 nitrogen and oxygen atoms in total. The highest BCUT2D eigenvalue weighted by molar-refractivity contribution is 7.15. The summed E-state index contributed by atoms with van der Waals surface area (Å²) in [5.74, 6) is 0. The largest absolute Gasteiger partial charge is 0.311 e. The lowest BCUT2D eigenvalue weighted by Gasteiger charge is -2.09. The first-order valence-electron chi connectivity index (χ1n) is 6.87. The van der Waals surface area contributed by atoms with Crippen molar-refractivity contribution in [2.24, 2.45) is 0 Å². The molecule has 0 fully saturated rings. The Morgan fingerprint density at radius 1 is 1.32 bits per heavy atom. The van der Waals surface area contributed by atoms with E-state index in [9.17, 15) is 0 Å². The minimum absolute atomic E-state index is 0.909. The van der Waals surface area contributed by atoms with Crippen molar-refractivity contribution in [1.82, 2.24) is 19.6 Å². The normalized spacial score (nSPS) is 11.8. The Hall–Kier alpha value is -0.910. The van der Waals surface area contributed by atoms with Crippen molar-refractivity contribution < 1.29 is 0 Å². The molecule has 0 unspecified atom stereocenters. The number of nitrogens with one attached hydrogen (secondary N) is 1. The van der Waals surface area contributed by atoms with Crippen LogP contribution in [0.25, 0.3) is 4.96 Å². The molecular weight excluding hydrogens is 256 g/mol. The van der Waals surface area contributed by atoms with Crippen LogP contribution in [0.2, 0.25) is 0 Å². The van der Waals surface area contributed by atoms with Crippen LogP contribution in [0.3, 0.4) is 0 Å². The molecule has 0 aliphatic heterocycles. The highest BCUT2D eigenvalue weighted by atomic mass is 32.1. The second-order valence-electron chi connectivity index (χ2n) is 5.33. The number of thiazole rings is 1. The summed E-state index contributed by atoms with van der Waals surface area (Å²) < 4.78 is 2.27. The van der Waals surface area contributed by atoms with Gasteiger partial charge in [0.1, 0.15) is 0 Å². The molecule has 0 aliphatic rings. The number of imidazole rings is 1. The maximum atomic E-state index is 4.61. The van der Waals surface area contributed by atoms with Crippen LogP contribution in [0.1, 0.15) is 29.9 Å². The molecule has 2 rings (SSSR count). The highest BCUT2D eigenvalue weighted by Crippen LogP contribution is 2.20. The van der Waals surface area contributed by atoms with Crippen molar-refractivity contribution in [3.63, 3.8) is 0 Å². The Labute approximate surface area is 119 Å². The van der Waals surface area contributed by atoms with E-state index < -0.39 is 0 Å². The first kappa shape index (κ1) is 14.5. The standard InChI is InChI=1S/C14H24N4S/c1-11-10-19-14-16-12(2)13(18(11)14)9-15-7-5-6-8-17(3)4/h10,15H,5-9H2,1-4H3. The van der Waals surface area contributed by atoms with Crippen LogP contribution in [0.4, 0.5) is 0 Å². The SMILES string of the molecule is Cc1nc2scc(C)n2c1CNCCCCN(C)C. The molecule has 2 heterocycles. The predicted molar refractivity (Wildman–Crippen MR) is 82.0 cm³/mol. The number of hydrogen-bond acceptors (Lipinski definition) is 4. The molecule has 1 N–H and O–H groups in total. The molecule has 0 radical (unpaired) electrons. The van der Waals surface area contributed by atoms with Crippen LogP contribution in [0.5, 0.6) is 0 Å². The molecular formula is C14H24N4S. The zero-order chi connectivity index (χ0) is 13.8. The van der Waals surface area contributed by atoms with Crippen LogP contribution in [-0.2, 0) is 6.54 Å². The van der Waals surface area contributed by atoms with Gasteiger partial charge in [0.15, 0.2) is 4.96 Å². The van der Waals surface area contributed by atoms with E-state index in [2.05, 4.69) is 52.9 Å². The van der Waals surface area contributed by atoms with Gasteiger partial charge in [0.05, 0.1) is 11.4 Å². The molecule has 5 heteroatoms. The molecule has 19 heavy (non-hydrogen) atoms. The number of hydrogen-bond donors (Lipinski definition) is 1. The van der Waals surface area contributed by atoms with Crippen molar-refractivity contribution in [2.45, 2.75) is 33.2 Å². The summed E-state index contributed by atoms with van der Waals surface area (Å²) in [5, 5.41) is 5.71. The van der Waals surface area contributed by atoms with E-state index >= 15 is 0 Å². The highest BCUT2D eigenvalue weighted by Gasteiger charge is 2.11. The summed E-state index contributed by atoms with van der Waals surface area (Å²) in [6.45, 7) is 7.39. The van der Waals surface area contributed by atoms with Crippen molar-refractivity contribution in [2.75, 3.05) is 27.2 Å². The van der Waals surface area contributed by atoms with Crippen LogP contribution >= 0.6 is 11.3 Å². The average Bonchev–Trinajstić information content (AvgIpc) is 2.84. The molecule has 2 aromatic heterocycles. The quantitative estimate of drug-likeness (QED) is 0.791. The van der Waals surface area contributed by atoms with E-state index in [1.165, 1.54) is 30.8 Å². The molecule has 106 valence electrons. The van der Waals surface area contributed by atoms with E-state index in [1.807, 2.05) is 0 Å². The van der Waals surface area contributed by atoms with E-state index in [4.69, 9.17) is 0 Å². The molecule has 0 aromatic carbocycles. The molecule has 0 bridgehead atoms. The summed E-state index contributed by atoms with van der Waals surface area (Å²) in [7, 11) is 4.25. The number of nitrogens with zero attached hydrogens (tertiary/aromatic N) is 3. The molecule has 0 saturated carbocycles. The van der Waals surface area contributed by atoms with E-state index in [1.54, 1.807) is 11.3 Å². The molecule has 0 spiro atoms. The smallest absolute Gasteiger partial charge is 0.194 e. The third-order valence-corrected chi connectivity index (χ3v) is 4.27. The minimum Gasteiger partial charge on any atom is -0.311 e. The third kappa shape index (κ3) is 3.55. The van der Waals surface area contributed by atoms with Gasteiger partial charge in [-0.3, -0.25) is 4.40 Å². The monoisotopic (exact) mass is 280 g/mol. The lowest BCUT2D eigenvalue weighted by molar-refractivity contribution is 0.391. The molecule has 0 atom stereocenters. The number of fused-ring (bicyclic) bond motifs is 1. The lowest BCUT2D eigenvalue weighted by atomic mass is 10.3. The van der Waals surface area contributed by atoms with E-state index in [0.717, 1.165) is 23.7 Å². The Bertz CT molecular complexity index is 527. The van der Waals surface area contributed by atoms with Gasteiger partial charge in [0.25, 0.3) is 0 Å². The van der Waals surface area contributed by atoms with E-state index in [-0.39, 0.29) is 0 Å². The van der Waals surface area contributed by atoms with Gasteiger partial charge >= 0.3 is 0 Å². The van der Waals surface area contributed by atoms with Gasteiger partial charge in [-0.25, -0.2) is 4.98 Å². The fraction of sp³-hybridized carbons (Fsp3) is 0.643. The average molecular weight is 280 g/mol. The zero-order valence-electron chi connectivity index (χ0n) is 12.4. The van der Waals surface area contributed by atoms with Crippen LogP contribution in [0, 0.1) is 13.8 Å². The Morgan fingerprint density at radius 2 is 2.11 bits per heavy atom. The van der Waals surface area contributed by atoms with Gasteiger partial charge in [-0.05, 0) is 53.9 Å². The third-order valence-electron chi connectivity index (χ3n) is 3.33. The number of aromatic nitrogens is 2. The Kier molecular flexibility index (Phi) is 4.96. The zero-order valence-corrected chi connectivity index (χ0v) is 13.2. The summed E-state index contributed by atoms with van der Waals surface area (Å²) in [6.07, 6.45) is 2.47. The second-order valence-corrected chi connectivity index (χ2v) is 6.16. The van der Waals surface area contributed by atoms with Gasteiger partial charge in [0, 0.05) is 17.6 Å². The van der Waals surface area contributed by atoms with Gasteiger partial charge in [-0.2, -0.15) is 0 Å².